The summed E-state index contributed by atoms with van der Waals surface area (Å²) in [6, 6.07) is 15.7. The van der Waals surface area contributed by atoms with Crippen LogP contribution in [0, 0.1) is 0 Å². The molecule has 2 aromatic heterocycles. The van der Waals surface area contributed by atoms with E-state index in [-0.39, 0.29) is 0 Å². The van der Waals surface area contributed by atoms with Gasteiger partial charge in [0.15, 0.2) is 0 Å². The highest BCUT2D eigenvalue weighted by Gasteiger charge is 2.18. The normalized spacial score (nSPS) is 13.5. The van der Waals surface area contributed by atoms with Crippen molar-refractivity contribution in [2.24, 2.45) is 7.05 Å². The first kappa shape index (κ1) is 21.4. The van der Waals surface area contributed by atoms with Gasteiger partial charge in [-0.25, -0.2) is 9.97 Å². The van der Waals surface area contributed by atoms with Crippen molar-refractivity contribution in [3.05, 3.63) is 65.3 Å². The van der Waals surface area contributed by atoms with Crippen molar-refractivity contribution in [3.63, 3.8) is 0 Å². The van der Waals surface area contributed by atoms with Gasteiger partial charge in [-0.2, -0.15) is 0 Å². The van der Waals surface area contributed by atoms with Crippen LogP contribution in [0.15, 0.2) is 54.7 Å². The Kier molecular flexibility index (Phi) is 5.93. The molecule has 1 aliphatic heterocycles. The van der Waals surface area contributed by atoms with Crippen LogP contribution in [-0.2, 0) is 18.3 Å². The van der Waals surface area contributed by atoms with Crippen LogP contribution in [0.25, 0.3) is 11.0 Å². The van der Waals surface area contributed by atoms with Crippen molar-refractivity contribution in [3.8, 4) is 17.4 Å². The molecule has 1 aliphatic rings. The Morgan fingerprint density at radius 2 is 2.03 bits per heavy atom. The van der Waals surface area contributed by atoms with Crippen molar-refractivity contribution in [1.82, 2.24) is 14.5 Å². The smallest absolute Gasteiger partial charge is 0.219 e. The van der Waals surface area contributed by atoms with Gasteiger partial charge in [-0.15, -0.1) is 0 Å². The standard InChI is InChI=1S/C24H24ClN5O3/c1-30-21-9-17(28-18-13-32-14-18)5-7-20(21)29-24(30)27-11-15-3-6-19(10-22(15)31-2)33-23-8-4-16(25)12-26-23/h3-10,12,18,28H,11,13-14H2,1-2H3,(H,27,29). The molecule has 0 unspecified atom stereocenters. The fourth-order valence-corrected chi connectivity index (χ4v) is 3.76. The van der Waals surface area contributed by atoms with Gasteiger partial charge in [0.05, 0.1) is 42.4 Å². The summed E-state index contributed by atoms with van der Waals surface area (Å²) < 4.78 is 18.7. The van der Waals surface area contributed by atoms with Crippen LogP contribution in [0.1, 0.15) is 5.56 Å². The van der Waals surface area contributed by atoms with E-state index in [1.54, 1.807) is 25.4 Å². The van der Waals surface area contributed by atoms with Gasteiger partial charge in [0, 0.05) is 43.2 Å². The number of ether oxygens (including phenoxy) is 3. The van der Waals surface area contributed by atoms with E-state index in [1.165, 1.54) is 0 Å². The molecule has 33 heavy (non-hydrogen) atoms. The first-order valence-corrected chi connectivity index (χ1v) is 11.0. The van der Waals surface area contributed by atoms with E-state index in [1.807, 2.05) is 35.9 Å². The van der Waals surface area contributed by atoms with Crippen molar-refractivity contribution < 1.29 is 14.2 Å². The predicted molar refractivity (Wildman–Crippen MR) is 129 cm³/mol. The van der Waals surface area contributed by atoms with Gasteiger partial charge in [0.2, 0.25) is 11.8 Å². The van der Waals surface area contributed by atoms with Crippen molar-refractivity contribution in [2.45, 2.75) is 12.6 Å². The topological polar surface area (TPSA) is 82.5 Å². The van der Waals surface area contributed by atoms with Crippen molar-refractivity contribution >= 4 is 34.3 Å². The number of pyridine rings is 1. The molecule has 8 nitrogen and oxygen atoms in total. The minimum absolute atomic E-state index is 0.378. The van der Waals surface area contributed by atoms with Crippen LogP contribution in [0.5, 0.6) is 17.4 Å². The fourth-order valence-electron chi connectivity index (χ4n) is 3.64. The summed E-state index contributed by atoms with van der Waals surface area (Å²) in [6.07, 6.45) is 1.55. The van der Waals surface area contributed by atoms with Crippen LogP contribution in [0.3, 0.4) is 0 Å². The van der Waals surface area contributed by atoms with Gasteiger partial charge in [0.1, 0.15) is 11.5 Å². The molecule has 0 bridgehead atoms. The molecule has 2 N–H and O–H groups in total. The molecular weight excluding hydrogens is 442 g/mol. The molecule has 2 aromatic carbocycles. The summed E-state index contributed by atoms with van der Waals surface area (Å²) in [7, 11) is 3.64. The third-order valence-corrected chi connectivity index (χ3v) is 5.73. The number of aromatic nitrogens is 3. The van der Waals surface area contributed by atoms with Crippen LogP contribution < -0.4 is 20.1 Å². The van der Waals surface area contributed by atoms with Gasteiger partial charge in [-0.1, -0.05) is 11.6 Å². The maximum Gasteiger partial charge on any atom is 0.219 e. The third kappa shape index (κ3) is 4.67. The maximum atomic E-state index is 5.88. The first-order chi connectivity index (χ1) is 16.1. The minimum atomic E-state index is 0.378. The average molecular weight is 466 g/mol. The molecular formula is C24H24ClN5O3. The van der Waals surface area contributed by atoms with Gasteiger partial charge in [-0.05, 0) is 36.4 Å². The number of benzene rings is 2. The van der Waals surface area contributed by atoms with Gasteiger partial charge < -0.3 is 29.4 Å². The molecule has 3 heterocycles. The van der Waals surface area contributed by atoms with Gasteiger partial charge in [-0.3, -0.25) is 0 Å². The van der Waals surface area contributed by atoms with E-state index in [2.05, 4.69) is 27.8 Å². The lowest BCUT2D eigenvalue weighted by Gasteiger charge is -2.27. The lowest BCUT2D eigenvalue weighted by Crippen LogP contribution is -2.40. The first-order valence-electron chi connectivity index (χ1n) is 10.6. The van der Waals surface area contributed by atoms with Gasteiger partial charge in [0.25, 0.3) is 0 Å². The van der Waals surface area contributed by atoms with E-state index in [4.69, 9.17) is 30.8 Å². The molecule has 0 atom stereocenters. The Morgan fingerprint density at radius 1 is 1.15 bits per heavy atom. The van der Waals surface area contributed by atoms with Crippen LogP contribution >= 0.6 is 11.6 Å². The number of anilines is 2. The number of nitrogens with one attached hydrogen (secondary N) is 2. The van der Waals surface area contributed by atoms with E-state index in [0.717, 1.165) is 41.4 Å². The SMILES string of the molecule is COc1cc(Oc2ccc(Cl)cn2)ccc1CNc1nc2ccc(NC3COC3)cc2n1C. The molecule has 4 aromatic rings. The van der Waals surface area contributed by atoms with E-state index >= 15 is 0 Å². The van der Waals surface area contributed by atoms with E-state index in [9.17, 15) is 0 Å². The highest BCUT2D eigenvalue weighted by Crippen LogP contribution is 2.29. The molecule has 0 saturated carbocycles. The summed E-state index contributed by atoms with van der Waals surface area (Å²) in [6.45, 7) is 2.04. The van der Waals surface area contributed by atoms with Crippen molar-refractivity contribution in [1.29, 1.82) is 0 Å². The molecule has 0 amide bonds. The average Bonchev–Trinajstić information content (AvgIpc) is 3.12. The number of methoxy groups -OCH3 is 1. The molecule has 0 spiro atoms. The Balaban J connectivity index is 1.29. The van der Waals surface area contributed by atoms with Crippen LogP contribution in [0.4, 0.5) is 11.6 Å². The van der Waals surface area contributed by atoms with Crippen LogP contribution in [0.2, 0.25) is 5.02 Å². The second-order valence-electron chi connectivity index (χ2n) is 7.82. The number of rotatable bonds is 8. The van der Waals surface area contributed by atoms with Crippen LogP contribution in [-0.4, -0.2) is 40.9 Å². The summed E-state index contributed by atoms with van der Waals surface area (Å²) in [5, 5.41) is 7.45. The zero-order valence-corrected chi connectivity index (χ0v) is 19.1. The lowest BCUT2D eigenvalue weighted by atomic mass is 10.2. The Bertz CT molecular complexity index is 1270. The third-order valence-electron chi connectivity index (χ3n) is 5.51. The number of halogens is 1. The number of hydrogen-bond donors (Lipinski definition) is 2. The molecule has 0 radical (unpaired) electrons. The molecule has 0 aliphatic carbocycles. The fraction of sp³-hybridized carbons (Fsp3) is 0.250. The summed E-state index contributed by atoms with van der Waals surface area (Å²) in [5.74, 6) is 2.58. The highest BCUT2D eigenvalue weighted by atomic mass is 35.5. The monoisotopic (exact) mass is 465 g/mol. The Morgan fingerprint density at radius 3 is 2.76 bits per heavy atom. The molecule has 170 valence electrons. The second kappa shape index (κ2) is 9.17. The summed E-state index contributed by atoms with van der Waals surface area (Å²) >= 11 is 5.88. The zero-order valence-electron chi connectivity index (χ0n) is 18.3. The second-order valence-corrected chi connectivity index (χ2v) is 8.26. The Labute approximate surface area is 196 Å². The lowest BCUT2D eigenvalue weighted by molar-refractivity contribution is 0.0211. The largest absolute Gasteiger partial charge is 0.496 e. The molecule has 1 fully saturated rings. The number of fused-ring (bicyclic) bond motifs is 1. The highest BCUT2D eigenvalue weighted by molar-refractivity contribution is 6.30. The molecule has 5 rings (SSSR count). The number of aryl methyl sites for hydroxylation is 1. The van der Waals surface area contributed by atoms with Gasteiger partial charge >= 0.3 is 0 Å². The van der Waals surface area contributed by atoms with Crippen molar-refractivity contribution in [2.75, 3.05) is 31.0 Å². The zero-order chi connectivity index (χ0) is 22.8. The summed E-state index contributed by atoms with van der Waals surface area (Å²) in [5.41, 5.74) is 4.03. The predicted octanol–water partition coefficient (Wildman–Crippen LogP) is 4.85. The number of hydrogen-bond acceptors (Lipinski definition) is 7. The minimum Gasteiger partial charge on any atom is -0.496 e. The number of imidazole rings is 1. The Hall–Kier alpha value is -3.49. The quantitative estimate of drug-likeness (QED) is 0.385. The molecule has 1 saturated heterocycles. The summed E-state index contributed by atoms with van der Waals surface area (Å²) in [4.78, 5) is 8.89. The molecule has 9 heteroatoms. The van der Waals surface area contributed by atoms with E-state index < -0.39 is 0 Å². The van der Waals surface area contributed by atoms with E-state index in [0.29, 0.717) is 35.0 Å². The number of nitrogens with zero attached hydrogens (tertiary/aromatic N) is 3. The maximum absolute atomic E-state index is 5.88.